The van der Waals surface area contributed by atoms with Gasteiger partial charge in [-0.15, -0.1) is 0 Å². The van der Waals surface area contributed by atoms with Crippen molar-refractivity contribution in [2.45, 2.75) is 25.4 Å². The maximum Gasteiger partial charge on any atom is 1.00 e. The van der Waals surface area contributed by atoms with Crippen molar-refractivity contribution in [1.82, 2.24) is 9.97 Å². The number of rotatable bonds is 7. The molecule has 2 aromatic rings. The average Bonchev–Trinajstić information content (AvgIpc) is 2.58. The van der Waals surface area contributed by atoms with Crippen LogP contribution in [0.4, 0.5) is 0 Å². The first-order valence-corrected chi connectivity index (χ1v) is 7.76. The number of methoxy groups -OCH3 is 2. The van der Waals surface area contributed by atoms with Crippen LogP contribution in [0.1, 0.15) is 19.4 Å². The first-order valence-electron chi connectivity index (χ1n) is 7.38. The number of hydrogen-bond acceptors (Lipinski definition) is 7. The van der Waals surface area contributed by atoms with Gasteiger partial charge in [-0.3, -0.25) is 0 Å². The van der Waals surface area contributed by atoms with Crippen molar-refractivity contribution in [3.05, 3.63) is 40.9 Å². The first kappa shape index (κ1) is 22.5. The second kappa shape index (κ2) is 9.41. The van der Waals surface area contributed by atoms with Gasteiger partial charge in [0.15, 0.2) is 6.10 Å². The van der Waals surface area contributed by atoms with E-state index >= 15 is 0 Å². The zero-order valence-electron chi connectivity index (χ0n) is 15.3. The number of aliphatic carboxylic acids is 1. The van der Waals surface area contributed by atoms with Gasteiger partial charge in [-0.1, -0.05) is 37.6 Å². The molecule has 7 nitrogen and oxygen atoms in total. The van der Waals surface area contributed by atoms with Crippen molar-refractivity contribution in [3.63, 3.8) is 0 Å². The maximum atomic E-state index is 11.7. The average molecular weight is 389 g/mol. The molecular weight excluding hydrogens is 371 g/mol. The predicted molar refractivity (Wildman–Crippen MR) is 89.0 cm³/mol. The van der Waals surface area contributed by atoms with Crippen LogP contribution in [0.3, 0.4) is 0 Å². The van der Waals surface area contributed by atoms with E-state index in [1.165, 1.54) is 20.3 Å². The van der Waals surface area contributed by atoms with Crippen molar-refractivity contribution in [3.8, 4) is 17.8 Å². The monoisotopic (exact) mass is 388 g/mol. The molecule has 2 rings (SSSR count). The maximum absolute atomic E-state index is 11.7. The smallest absolute Gasteiger partial charge is 0.546 e. The molecule has 0 aliphatic heterocycles. The summed E-state index contributed by atoms with van der Waals surface area (Å²) in [5, 5.41) is 12.2. The Bertz CT molecular complexity index is 750. The Morgan fingerprint density at radius 3 is 2.19 bits per heavy atom. The molecule has 0 fully saturated rings. The van der Waals surface area contributed by atoms with E-state index in [0.717, 1.165) is 0 Å². The third-order valence-electron chi connectivity index (χ3n) is 3.74. The van der Waals surface area contributed by atoms with Crippen LogP contribution in [0.15, 0.2) is 30.3 Å². The van der Waals surface area contributed by atoms with Gasteiger partial charge in [-0.2, -0.15) is 9.97 Å². The SMILES string of the molecule is COc1cc(OC)nc(OC(C(=O)[O-])C(C)(C)c2cccc(Cl)c2)n1.[Na+]. The van der Waals surface area contributed by atoms with E-state index in [-0.39, 0.29) is 47.3 Å². The molecule has 1 heterocycles. The molecule has 134 valence electrons. The van der Waals surface area contributed by atoms with Gasteiger partial charge in [0.25, 0.3) is 0 Å². The Morgan fingerprint density at radius 2 is 1.73 bits per heavy atom. The Morgan fingerprint density at radius 1 is 1.15 bits per heavy atom. The van der Waals surface area contributed by atoms with E-state index < -0.39 is 17.5 Å². The molecule has 0 amide bonds. The largest absolute Gasteiger partial charge is 1.00 e. The number of carbonyl (C=O) groups excluding carboxylic acids is 1. The summed E-state index contributed by atoms with van der Waals surface area (Å²) in [6, 6.07) is 8.12. The van der Waals surface area contributed by atoms with E-state index in [0.29, 0.717) is 10.6 Å². The van der Waals surface area contributed by atoms with Crippen LogP contribution in [0.5, 0.6) is 17.8 Å². The molecule has 0 aliphatic rings. The van der Waals surface area contributed by atoms with Gasteiger partial charge in [-0.25, -0.2) is 0 Å². The molecule has 1 unspecified atom stereocenters. The summed E-state index contributed by atoms with van der Waals surface area (Å²) in [7, 11) is 2.83. The summed E-state index contributed by atoms with van der Waals surface area (Å²) < 4.78 is 15.6. The number of benzene rings is 1. The number of ether oxygens (including phenoxy) is 3. The fourth-order valence-electron chi connectivity index (χ4n) is 2.28. The minimum atomic E-state index is -1.41. The third kappa shape index (κ3) is 5.23. The molecule has 1 aromatic carbocycles. The Labute approximate surface area is 178 Å². The number of carbonyl (C=O) groups is 1. The van der Waals surface area contributed by atoms with Gasteiger partial charge in [0.1, 0.15) is 0 Å². The molecule has 0 bridgehead atoms. The molecule has 0 radical (unpaired) electrons. The predicted octanol–water partition coefficient (Wildman–Crippen LogP) is -1.37. The summed E-state index contributed by atoms with van der Waals surface area (Å²) in [5.74, 6) is -1.05. The van der Waals surface area contributed by atoms with Crippen molar-refractivity contribution in [2.24, 2.45) is 0 Å². The number of nitrogens with zero attached hydrogens (tertiary/aromatic N) is 2. The van der Waals surface area contributed by atoms with Crippen molar-refractivity contribution in [2.75, 3.05) is 14.2 Å². The van der Waals surface area contributed by atoms with Gasteiger partial charge in [-0.05, 0) is 17.7 Å². The number of carboxylic acids is 1. The second-order valence-corrected chi connectivity index (χ2v) is 6.22. The Balaban J connectivity index is 0.00000338. The van der Waals surface area contributed by atoms with E-state index in [1.54, 1.807) is 38.1 Å². The Kier molecular flexibility index (Phi) is 8.15. The number of hydrogen-bond donors (Lipinski definition) is 0. The van der Waals surface area contributed by atoms with E-state index in [2.05, 4.69) is 9.97 Å². The quantitative estimate of drug-likeness (QED) is 0.540. The van der Waals surface area contributed by atoms with Crippen LogP contribution in [-0.2, 0) is 10.2 Å². The normalized spacial score (nSPS) is 11.9. The third-order valence-corrected chi connectivity index (χ3v) is 3.97. The van der Waals surface area contributed by atoms with Crippen molar-refractivity contribution >= 4 is 17.6 Å². The zero-order valence-corrected chi connectivity index (χ0v) is 18.0. The first-order chi connectivity index (χ1) is 11.8. The molecular formula is C17H18ClN2NaO5. The summed E-state index contributed by atoms with van der Waals surface area (Å²) in [5.41, 5.74) is -0.298. The molecule has 0 spiro atoms. The minimum Gasteiger partial charge on any atom is -0.546 e. The summed E-state index contributed by atoms with van der Waals surface area (Å²) in [6.07, 6.45) is -1.37. The fourth-order valence-corrected chi connectivity index (χ4v) is 2.47. The van der Waals surface area contributed by atoms with E-state index in [9.17, 15) is 9.90 Å². The number of aromatic nitrogens is 2. The van der Waals surface area contributed by atoms with Gasteiger partial charge in [0, 0.05) is 10.4 Å². The number of carboxylic acid groups (broad SMARTS) is 1. The van der Waals surface area contributed by atoms with Gasteiger partial charge >= 0.3 is 35.6 Å². The van der Waals surface area contributed by atoms with Crippen LogP contribution in [0, 0.1) is 0 Å². The molecule has 0 saturated carbocycles. The van der Waals surface area contributed by atoms with Crippen LogP contribution >= 0.6 is 11.6 Å². The fraction of sp³-hybridized carbons (Fsp3) is 0.353. The van der Waals surface area contributed by atoms with E-state index in [1.807, 2.05) is 0 Å². The van der Waals surface area contributed by atoms with Crippen molar-refractivity contribution < 1.29 is 53.7 Å². The summed E-state index contributed by atoms with van der Waals surface area (Å²) in [6.45, 7) is 3.41. The molecule has 0 aliphatic carbocycles. The van der Waals surface area contributed by atoms with Crippen LogP contribution < -0.4 is 48.9 Å². The van der Waals surface area contributed by atoms with Gasteiger partial charge in [0.2, 0.25) is 11.8 Å². The van der Waals surface area contributed by atoms with Crippen LogP contribution in [0.25, 0.3) is 0 Å². The molecule has 1 aromatic heterocycles. The van der Waals surface area contributed by atoms with Gasteiger partial charge in [0.05, 0.1) is 26.3 Å². The molecule has 1 atom stereocenters. The Hall–Kier alpha value is -1.54. The second-order valence-electron chi connectivity index (χ2n) is 5.78. The van der Waals surface area contributed by atoms with E-state index in [4.69, 9.17) is 25.8 Å². The topological polar surface area (TPSA) is 93.6 Å². The zero-order chi connectivity index (χ0) is 18.6. The summed E-state index contributed by atoms with van der Waals surface area (Å²) in [4.78, 5) is 19.7. The van der Waals surface area contributed by atoms with Crippen LogP contribution in [0.2, 0.25) is 5.02 Å². The van der Waals surface area contributed by atoms with Gasteiger partial charge < -0.3 is 24.1 Å². The molecule has 0 saturated heterocycles. The minimum absolute atomic E-state index is 0. The van der Waals surface area contributed by atoms with Crippen LogP contribution in [-0.4, -0.2) is 36.3 Å². The molecule has 0 N–H and O–H groups in total. The summed E-state index contributed by atoms with van der Waals surface area (Å²) >= 11 is 6.01. The molecule has 9 heteroatoms. The van der Waals surface area contributed by atoms with Crippen molar-refractivity contribution in [1.29, 1.82) is 0 Å². The molecule has 26 heavy (non-hydrogen) atoms. The number of halogens is 1. The standard InChI is InChI=1S/C17H19ClN2O5.Na/c1-17(2,10-6-5-7-11(18)8-10)14(15(21)22)25-16-19-12(23-3)9-13(20-16)24-4;/h5-9,14H,1-4H3,(H,21,22);/q;+1/p-1.